The van der Waals surface area contributed by atoms with Crippen molar-refractivity contribution < 1.29 is 28.7 Å². The van der Waals surface area contributed by atoms with E-state index in [1.54, 1.807) is 19.1 Å². The van der Waals surface area contributed by atoms with Gasteiger partial charge in [-0.15, -0.1) is 0 Å². The maximum Gasteiger partial charge on any atom is 0.336 e. The van der Waals surface area contributed by atoms with E-state index in [2.05, 4.69) is 0 Å². The van der Waals surface area contributed by atoms with Crippen molar-refractivity contribution in [2.75, 3.05) is 27.4 Å². The van der Waals surface area contributed by atoms with Crippen molar-refractivity contribution in [3.8, 4) is 0 Å². The molecule has 0 aromatic heterocycles. The van der Waals surface area contributed by atoms with Crippen molar-refractivity contribution in [2.45, 2.75) is 31.9 Å². The van der Waals surface area contributed by atoms with Crippen LogP contribution < -0.4 is 0 Å². The van der Waals surface area contributed by atoms with E-state index in [0.717, 1.165) is 6.42 Å². The molecular formula is C20H24N2O7. The Bertz CT molecular complexity index is 864. The molecule has 156 valence electrons. The van der Waals surface area contributed by atoms with Crippen LogP contribution in [0.4, 0.5) is 5.69 Å². The summed E-state index contributed by atoms with van der Waals surface area (Å²) in [7, 11) is 2.57. The molecule has 0 N–H and O–H groups in total. The molecule has 0 bridgehead atoms. The van der Waals surface area contributed by atoms with Crippen LogP contribution in [0.2, 0.25) is 0 Å². The van der Waals surface area contributed by atoms with E-state index in [9.17, 15) is 19.7 Å². The Morgan fingerprint density at radius 2 is 1.90 bits per heavy atom. The average molecular weight is 404 g/mol. The molecular weight excluding hydrogens is 380 g/mol. The highest BCUT2D eigenvalue weighted by Gasteiger charge is 2.57. The van der Waals surface area contributed by atoms with Crippen LogP contribution in [0.25, 0.3) is 0 Å². The van der Waals surface area contributed by atoms with Gasteiger partial charge < -0.3 is 19.1 Å². The van der Waals surface area contributed by atoms with Crippen molar-refractivity contribution in [2.24, 2.45) is 5.92 Å². The van der Waals surface area contributed by atoms with Gasteiger partial charge in [0.2, 0.25) is 0 Å². The van der Waals surface area contributed by atoms with Gasteiger partial charge in [-0.1, -0.05) is 12.1 Å². The Kier molecular flexibility index (Phi) is 5.61. The standard InChI is InChI=1S/C20H24N2O7/c1-12-15(18(23)27-3)16(13-6-8-14(9-7-13)22(25)26)17(19(24)28-4)20(2)21(12)10-5-11-29-20/h6-9,16-17H,5,10-11H2,1-4H3/t16-,17-,20+/m1/s1. The molecule has 0 spiro atoms. The van der Waals surface area contributed by atoms with E-state index >= 15 is 0 Å². The van der Waals surface area contributed by atoms with Gasteiger partial charge in [0.1, 0.15) is 5.92 Å². The van der Waals surface area contributed by atoms with E-state index in [0.29, 0.717) is 30.0 Å². The SMILES string of the molecule is COC(=O)C1=C(C)N2CCCO[C@@]2(C)[C@@H](C(=O)OC)[C@@H]1c1ccc([N+](=O)[O-])cc1. The predicted octanol–water partition coefficient (Wildman–Crippen LogP) is 2.37. The number of allylic oxidation sites excluding steroid dienone is 1. The Hall–Kier alpha value is -2.94. The number of carbonyl (C=O) groups is 2. The molecule has 2 aliphatic rings. The van der Waals surface area contributed by atoms with Crippen LogP contribution in [0.5, 0.6) is 0 Å². The molecule has 0 radical (unpaired) electrons. The van der Waals surface area contributed by atoms with Gasteiger partial charge in [-0.25, -0.2) is 4.79 Å². The van der Waals surface area contributed by atoms with Crippen molar-refractivity contribution in [3.63, 3.8) is 0 Å². The number of non-ortho nitro benzene ring substituents is 1. The molecule has 0 unspecified atom stereocenters. The summed E-state index contributed by atoms with van der Waals surface area (Å²) in [6.45, 7) is 4.69. The number of benzene rings is 1. The lowest BCUT2D eigenvalue weighted by atomic mass is 9.70. The molecule has 3 atom stereocenters. The summed E-state index contributed by atoms with van der Waals surface area (Å²) in [4.78, 5) is 38.1. The molecule has 1 aromatic carbocycles. The first-order chi connectivity index (χ1) is 13.8. The number of carbonyl (C=O) groups excluding carboxylic acids is 2. The van der Waals surface area contributed by atoms with E-state index in [1.807, 2.05) is 11.8 Å². The van der Waals surface area contributed by atoms with Crippen LogP contribution in [0, 0.1) is 16.0 Å². The zero-order valence-electron chi connectivity index (χ0n) is 16.8. The highest BCUT2D eigenvalue weighted by atomic mass is 16.6. The minimum atomic E-state index is -1.03. The third kappa shape index (κ3) is 3.35. The zero-order chi connectivity index (χ0) is 21.3. The maximum absolute atomic E-state index is 12.9. The lowest BCUT2D eigenvalue weighted by Gasteiger charge is -2.55. The van der Waals surface area contributed by atoms with Gasteiger partial charge in [0.25, 0.3) is 5.69 Å². The van der Waals surface area contributed by atoms with Gasteiger partial charge in [-0.3, -0.25) is 14.9 Å². The molecule has 0 saturated carbocycles. The fourth-order valence-electron chi connectivity index (χ4n) is 4.43. The number of ether oxygens (including phenoxy) is 3. The lowest BCUT2D eigenvalue weighted by Crippen LogP contribution is -2.63. The molecule has 9 heteroatoms. The lowest BCUT2D eigenvalue weighted by molar-refractivity contribution is -0.384. The molecule has 1 aromatic rings. The topological polar surface area (TPSA) is 108 Å². The normalized spacial score (nSPS) is 26.6. The van der Waals surface area contributed by atoms with Crippen LogP contribution in [0.15, 0.2) is 35.5 Å². The molecule has 1 saturated heterocycles. The van der Waals surface area contributed by atoms with Gasteiger partial charge in [-0.2, -0.15) is 0 Å². The summed E-state index contributed by atoms with van der Waals surface area (Å²) >= 11 is 0. The van der Waals surface area contributed by atoms with Crippen molar-refractivity contribution in [1.29, 1.82) is 0 Å². The van der Waals surface area contributed by atoms with Crippen LogP contribution in [0.1, 0.15) is 31.7 Å². The molecule has 2 aliphatic heterocycles. The second-order valence-corrected chi connectivity index (χ2v) is 7.23. The number of nitrogens with zero attached hydrogens (tertiary/aromatic N) is 2. The van der Waals surface area contributed by atoms with Gasteiger partial charge in [0, 0.05) is 30.3 Å². The Morgan fingerprint density at radius 1 is 1.24 bits per heavy atom. The first kappa shape index (κ1) is 20.8. The fraction of sp³-hybridized carbons (Fsp3) is 0.500. The number of nitro groups is 1. The molecule has 2 heterocycles. The van der Waals surface area contributed by atoms with Gasteiger partial charge in [0.15, 0.2) is 5.72 Å². The molecule has 0 aliphatic carbocycles. The van der Waals surface area contributed by atoms with Crippen molar-refractivity contribution in [3.05, 3.63) is 51.2 Å². The molecule has 0 amide bonds. The molecule has 3 rings (SSSR count). The van der Waals surface area contributed by atoms with Crippen LogP contribution >= 0.6 is 0 Å². The number of hydrogen-bond acceptors (Lipinski definition) is 8. The minimum Gasteiger partial charge on any atom is -0.469 e. The molecule has 29 heavy (non-hydrogen) atoms. The highest BCUT2D eigenvalue weighted by molar-refractivity contribution is 5.93. The summed E-state index contributed by atoms with van der Waals surface area (Å²) in [5.74, 6) is -2.70. The number of hydrogen-bond donors (Lipinski definition) is 0. The largest absolute Gasteiger partial charge is 0.469 e. The van der Waals surface area contributed by atoms with Crippen molar-refractivity contribution in [1.82, 2.24) is 4.90 Å². The predicted molar refractivity (Wildman–Crippen MR) is 102 cm³/mol. The number of methoxy groups -OCH3 is 2. The van der Waals surface area contributed by atoms with E-state index in [1.165, 1.54) is 26.4 Å². The number of nitro benzene ring substituents is 1. The smallest absolute Gasteiger partial charge is 0.336 e. The van der Waals surface area contributed by atoms with Crippen LogP contribution in [0.3, 0.4) is 0 Å². The van der Waals surface area contributed by atoms with Crippen molar-refractivity contribution >= 4 is 17.6 Å². The van der Waals surface area contributed by atoms with E-state index < -0.39 is 34.4 Å². The first-order valence-electron chi connectivity index (χ1n) is 9.29. The van der Waals surface area contributed by atoms with Gasteiger partial charge in [0.05, 0.1) is 31.3 Å². The zero-order valence-corrected chi connectivity index (χ0v) is 16.8. The Balaban J connectivity index is 2.25. The molecule has 9 nitrogen and oxygen atoms in total. The Morgan fingerprint density at radius 3 is 2.45 bits per heavy atom. The third-order valence-corrected chi connectivity index (χ3v) is 5.80. The summed E-state index contributed by atoms with van der Waals surface area (Å²) in [5.41, 5.74) is 0.434. The highest BCUT2D eigenvalue weighted by Crippen LogP contribution is 2.50. The van der Waals surface area contributed by atoms with Gasteiger partial charge in [-0.05, 0) is 25.8 Å². The Labute approximate surface area is 168 Å². The number of fused-ring (bicyclic) bond motifs is 1. The molecule has 1 fully saturated rings. The minimum absolute atomic E-state index is 0.0822. The monoisotopic (exact) mass is 404 g/mol. The van der Waals surface area contributed by atoms with Crippen LogP contribution in [-0.4, -0.2) is 54.9 Å². The fourth-order valence-corrected chi connectivity index (χ4v) is 4.43. The number of rotatable bonds is 4. The van der Waals surface area contributed by atoms with Crippen LogP contribution in [-0.2, 0) is 23.8 Å². The van der Waals surface area contributed by atoms with Gasteiger partial charge >= 0.3 is 11.9 Å². The second-order valence-electron chi connectivity index (χ2n) is 7.23. The summed E-state index contributed by atoms with van der Waals surface area (Å²) in [5, 5.41) is 11.0. The third-order valence-electron chi connectivity index (χ3n) is 5.80. The quantitative estimate of drug-likeness (QED) is 0.428. The summed E-state index contributed by atoms with van der Waals surface area (Å²) < 4.78 is 16.2. The summed E-state index contributed by atoms with van der Waals surface area (Å²) in [6.07, 6.45) is 0.747. The first-order valence-corrected chi connectivity index (χ1v) is 9.29. The maximum atomic E-state index is 12.9. The average Bonchev–Trinajstić information content (AvgIpc) is 2.72. The summed E-state index contributed by atoms with van der Waals surface area (Å²) in [6, 6.07) is 5.81. The van der Waals surface area contributed by atoms with E-state index in [-0.39, 0.29) is 5.69 Å². The van der Waals surface area contributed by atoms with E-state index in [4.69, 9.17) is 14.2 Å². The number of esters is 2. The second kappa shape index (κ2) is 7.82.